The summed E-state index contributed by atoms with van der Waals surface area (Å²) in [7, 11) is 0. The molecular weight excluding hydrogens is 367 g/mol. The van der Waals surface area contributed by atoms with Gasteiger partial charge in [0.05, 0.1) is 12.0 Å². The van der Waals surface area contributed by atoms with Crippen LogP contribution in [0.5, 0.6) is 0 Å². The number of aliphatic hydroxyl groups excluding tert-OH is 1. The molecule has 0 bridgehead atoms. The lowest BCUT2D eigenvalue weighted by molar-refractivity contribution is 0.0838. The highest BCUT2D eigenvalue weighted by molar-refractivity contribution is 6.31. The van der Waals surface area contributed by atoms with Crippen LogP contribution in [0, 0.1) is 5.92 Å². The molecule has 27 heavy (non-hydrogen) atoms. The van der Waals surface area contributed by atoms with Gasteiger partial charge in [0.2, 0.25) is 6.30 Å². The van der Waals surface area contributed by atoms with Gasteiger partial charge in [0, 0.05) is 34.9 Å². The lowest BCUT2D eigenvalue weighted by Crippen LogP contribution is -2.30. The number of nitrogens with one attached hydrogen (secondary N) is 2. The summed E-state index contributed by atoms with van der Waals surface area (Å²) in [5.74, 6) is -0.346. The number of rotatable bonds is 4. The first kappa shape index (κ1) is 17.7. The summed E-state index contributed by atoms with van der Waals surface area (Å²) in [6.07, 6.45) is 4.08. The Labute approximate surface area is 160 Å². The standard InChI is InChI=1S/C20H18ClFN4O/c21-16-6-2-1-4-12(16)10-24-17-8-7-14(19(22)26-17)18(27)15-11-25-20-13(15)5-3-9-23-20/h1-9,11,14,18-19,27H,10H2,(H,23,25)(H,24,26). The number of hydrogen-bond acceptors (Lipinski definition) is 4. The van der Waals surface area contributed by atoms with E-state index in [0.29, 0.717) is 28.6 Å². The molecule has 0 saturated carbocycles. The van der Waals surface area contributed by atoms with E-state index >= 15 is 0 Å². The Hall–Kier alpha value is -2.70. The predicted molar refractivity (Wildman–Crippen MR) is 104 cm³/mol. The van der Waals surface area contributed by atoms with Gasteiger partial charge in [-0.25, -0.2) is 14.4 Å². The Balaban J connectivity index is 1.46. The molecule has 3 heterocycles. The van der Waals surface area contributed by atoms with E-state index in [4.69, 9.17) is 11.6 Å². The zero-order chi connectivity index (χ0) is 18.8. The molecule has 1 aromatic carbocycles. The average molecular weight is 385 g/mol. The van der Waals surface area contributed by atoms with Crippen molar-refractivity contribution in [2.45, 2.75) is 18.9 Å². The van der Waals surface area contributed by atoms with Crippen LogP contribution in [-0.4, -0.2) is 27.2 Å². The Bertz CT molecular complexity index is 1020. The minimum Gasteiger partial charge on any atom is -0.388 e. The van der Waals surface area contributed by atoms with Crippen LogP contribution in [0.4, 0.5) is 4.39 Å². The third-order valence-corrected chi connectivity index (χ3v) is 5.01. The van der Waals surface area contributed by atoms with Crippen molar-refractivity contribution in [2.75, 3.05) is 0 Å². The molecule has 2 aromatic heterocycles. The number of H-pyrrole nitrogens is 1. The normalized spacial score (nSPS) is 20.5. The van der Waals surface area contributed by atoms with Crippen molar-refractivity contribution in [3.05, 3.63) is 77.1 Å². The number of amidine groups is 1. The van der Waals surface area contributed by atoms with Crippen LogP contribution >= 0.6 is 11.6 Å². The first-order chi connectivity index (χ1) is 13.1. The lowest BCUT2D eigenvalue weighted by atomic mass is 9.93. The van der Waals surface area contributed by atoms with Crippen molar-refractivity contribution in [3.8, 4) is 0 Å². The number of aliphatic hydroxyl groups is 1. The highest BCUT2D eigenvalue weighted by Crippen LogP contribution is 2.33. The van der Waals surface area contributed by atoms with E-state index in [1.807, 2.05) is 24.3 Å². The Kier molecular flexibility index (Phi) is 4.92. The predicted octanol–water partition coefficient (Wildman–Crippen LogP) is 3.92. The van der Waals surface area contributed by atoms with Gasteiger partial charge in [0.15, 0.2) is 0 Å². The van der Waals surface area contributed by atoms with Gasteiger partial charge < -0.3 is 15.4 Å². The maximum absolute atomic E-state index is 14.7. The van der Waals surface area contributed by atoms with Gasteiger partial charge in [-0.15, -0.1) is 0 Å². The summed E-state index contributed by atoms with van der Waals surface area (Å²) >= 11 is 6.13. The molecule has 4 rings (SSSR count). The molecule has 0 amide bonds. The summed E-state index contributed by atoms with van der Waals surface area (Å²) in [4.78, 5) is 11.2. The molecule has 0 spiro atoms. The molecule has 5 nitrogen and oxygen atoms in total. The molecule has 0 saturated heterocycles. The number of fused-ring (bicyclic) bond motifs is 1. The summed E-state index contributed by atoms with van der Waals surface area (Å²) in [5, 5.41) is 15.2. The third kappa shape index (κ3) is 3.59. The topological polar surface area (TPSA) is 73.3 Å². The fraction of sp³-hybridized carbons (Fsp3) is 0.200. The van der Waals surface area contributed by atoms with Crippen LogP contribution in [0.1, 0.15) is 17.2 Å². The molecule has 1 aliphatic rings. The smallest absolute Gasteiger partial charge is 0.201 e. The molecule has 3 atom stereocenters. The van der Waals surface area contributed by atoms with E-state index in [1.54, 1.807) is 36.7 Å². The van der Waals surface area contributed by atoms with Crippen LogP contribution in [0.25, 0.3) is 11.0 Å². The zero-order valence-corrected chi connectivity index (χ0v) is 15.1. The van der Waals surface area contributed by atoms with E-state index in [-0.39, 0.29) is 0 Å². The quantitative estimate of drug-likeness (QED) is 0.597. The molecule has 0 radical (unpaired) electrons. The maximum Gasteiger partial charge on any atom is 0.201 e. The fourth-order valence-corrected chi connectivity index (χ4v) is 3.38. The number of aromatic amines is 1. The Morgan fingerprint density at radius 1 is 1.26 bits per heavy atom. The summed E-state index contributed by atoms with van der Waals surface area (Å²) in [6.45, 7) is 0.441. The fourth-order valence-electron chi connectivity index (χ4n) is 3.17. The van der Waals surface area contributed by atoms with Crippen molar-refractivity contribution in [1.82, 2.24) is 15.3 Å². The molecule has 0 fully saturated rings. The Morgan fingerprint density at radius 2 is 2.11 bits per heavy atom. The number of benzene rings is 1. The highest BCUT2D eigenvalue weighted by atomic mass is 35.5. The zero-order valence-electron chi connectivity index (χ0n) is 14.3. The maximum atomic E-state index is 14.7. The minimum absolute atomic E-state index is 0.423. The van der Waals surface area contributed by atoms with E-state index in [1.165, 1.54) is 0 Å². The first-order valence-electron chi connectivity index (χ1n) is 8.61. The average Bonchev–Trinajstić information content (AvgIpc) is 3.11. The van der Waals surface area contributed by atoms with E-state index < -0.39 is 18.3 Å². The second-order valence-corrected chi connectivity index (χ2v) is 6.76. The molecule has 3 aromatic rings. The molecule has 138 valence electrons. The highest BCUT2D eigenvalue weighted by Gasteiger charge is 2.31. The van der Waals surface area contributed by atoms with E-state index in [0.717, 1.165) is 10.9 Å². The van der Waals surface area contributed by atoms with Crippen LogP contribution < -0.4 is 5.32 Å². The van der Waals surface area contributed by atoms with Crippen LogP contribution in [-0.2, 0) is 6.54 Å². The van der Waals surface area contributed by atoms with Gasteiger partial charge in [-0.05, 0) is 29.8 Å². The van der Waals surface area contributed by atoms with Gasteiger partial charge in [-0.3, -0.25) is 0 Å². The largest absolute Gasteiger partial charge is 0.388 e. The van der Waals surface area contributed by atoms with Crippen LogP contribution in [0.15, 0.2) is 65.9 Å². The monoisotopic (exact) mass is 384 g/mol. The molecule has 1 aliphatic heterocycles. The molecule has 3 unspecified atom stereocenters. The van der Waals surface area contributed by atoms with E-state index in [9.17, 15) is 9.50 Å². The molecule has 0 aliphatic carbocycles. The van der Waals surface area contributed by atoms with Crippen LogP contribution in [0.3, 0.4) is 0 Å². The van der Waals surface area contributed by atoms with Gasteiger partial charge in [-0.2, -0.15) is 0 Å². The van der Waals surface area contributed by atoms with Crippen molar-refractivity contribution in [2.24, 2.45) is 10.9 Å². The lowest BCUT2D eigenvalue weighted by Gasteiger charge is -2.24. The number of aromatic nitrogens is 2. The van der Waals surface area contributed by atoms with Crippen molar-refractivity contribution < 1.29 is 9.50 Å². The van der Waals surface area contributed by atoms with Gasteiger partial charge in [0.25, 0.3) is 0 Å². The number of dihydropyridines is 1. The van der Waals surface area contributed by atoms with Crippen LogP contribution in [0.2, 0.25) is 5.02 Å². The number of halogens is 2. The SMILES string of the molecule is OC(c1c[nH]c2ncccc12)C1C=CC(NCc2ccccc2Cl)=NC1F. The minimum atomic E-state index is -1.56. The molecule has 3 N–H and O–H groups in total. The second kappa shape index (κ2) is 7.50. The summed E-state index contributed by atoms with van der Waals surface area (Å²) in [6, 6.07) is 11.1. The van der Waals surface area contributed by atoms with Gasteiger partial charge >= 0.3 is 0 Å². The molecule has 7 heteroatoms. The second-order valence-electron chi connectivity index (χ2n) is 6.36. The van der Waals surface area contributed by atoms with Gasteiger partial charge in [-0.1, -0.05) is 35.9 Å². The number of nitrogens with zero attached hydrogens (tertiary/aromatic N) is 2. The summed E-state index contributed by atoms with van der Waals surface area (Å²) in [5.41, 5.74) is 2.17. The number of aliphatic imine (C=N–C) groups is 1. The van der Waals surface area contributed by atoms with E-state index in [2.05, 4.69) is 20.3 Å². The third-order valence-electron chi connectivity index (χ3n) is 4.64. The number of pyridine rings is 1. The van der Waals surface area contributed by atoms with Crippen molar-refractivity contribution in [3.63, 3.8) is 0 Å². The first-order valence-corrected chi connectivity index (χ1v) is 8.98. The molecular formula is C20H18ClFN4O. The van der Waals surface area contributed by atoms with Gasteiger partial charge in [0.1, 0.15) is 11.5 Å². The number of alkyl halides is 1. The number of hydrogen-bond donors (Lipinski definition) is 3. The summed E-state index contributed by atoms with van der Waals surface area (Å²) < 4.78 is 14.7. The Morgan fingerprint density at radius 3 is 2.93 bits per heavy atom. The van der Waals surface area contributed by atoms with Crippen molar-refractivity contribution in [1.29, 1.82) is 0 Å². The van der Waals surface area contributed by atoms with Crippen molar-refractivity contribution >= 4 is 28.5 Å².